The van der Waals surface area contributed by atoms with Crippen molar-refractivity contribution in [3.63, 3.8) is 0 Å². The second-order valence-electron chi connectivity index (χ2n) is 7.02. The van der Waals surface area contributed by atoms with E-state index in [0.29, 0.717) is 11.8 Å². The third-order valence-corrected chi connectivity index (χ3v) is 6.52. The van der Waals surface area contributed by atoms with Crippen molar-refractivity contribution in [3.8, 4) is 0 Å². The Balaban J connectivity index is 1.94. The monoisotopic (exact) mass is 444 g/mol. The van der Waals surface area contributed by atoms with Crippen molar-refractivity contribution < 1.29 is 22.0 Å². The molecule has 5 nitrogen and oxygen atoms in total. The Morgan fingerprint density at radius 2 is 1.61 bits per heavy atom. The Kier molecular flexibility index (Phi) is 6.70. The highest BCUT2D eigenvalue weighted by atomic mass is 32.2. The molecule has 3 aromatic rings. The summed E-state index contributed by atoms with van der Waals surface area (Å²) in [5, 5.41) is 2.31. The maximum atomic E-state index is 13.9. The summed E-state index contributed by atoms with van der Waals surface area (Å²) < 4.78 is 54.6. The number of aryl methyl sites for hydroxylation is 2. The molecule has 3 aromatic carbocycles. The van der Waals surface area contributed by atoms with Crippen LogP contribution < -0.4 is 9.62 Å². The second kappa shape index (κ2) is 9.26. The molecular formula is C23H22F2N2O3S. The van der Waals surface area contributed by atoms with Gasteiger partial charge >= 0.3 is 0 Å². The maximum Gasteiger partial charge on any atom is 0.264 e. The molecule has 1 N–H and O–H groups in total. The lowest BCUT2D eigenvalue weighted by molar-refractivity contribution is -0.114. The summed E-state index contributed by atoms with van der Waals surface area (Å²) in [5.41, 5.74) is 1.96. The van der Waals surface area contributed by atoms with Gasteiger partial charge in [-0.2, -0.15) is 0 Å². The van der Waals surface area contributed by atoms with E-state index in [1.807, 2.05) is 13.8 Å². The quantitative estimate of drug-likeness (QED) is 0.576. The topological polar surface area (TPSA) is 66.5 Å². The van der Waals surface area contributed by atoms with Gasteiger partial charge in [-0.25, -0.2) is 17.2 Å². The average Bonchev–Trinajstić information content (AvgIpc) is 2.74. The van der Waals surface area contributed by atoms with Crippen molar-refractivity contribution in [1.82, 2.24) is 0 Å². The van der Waals surface area contributed by atoms with Crippen LogP contribution in [0.1, 0.15) is 18.1 Å². The molecule has 0 spiro atoms. The van der Waals surface area contributed by atoms with E-state index < -0.39 is 34.1 Å². The van der Waals surface area contributed by atoms with Crippen LogP contribution in [-0.2, 0) is 21.2 Å². The van der Waals surface area contributed by atoms with Crippen LogP contribution in [0.15, 0.2) is 71.6 Å². The van der Waals surface area contributed by atoms with Crippen molar-refractivity contribution in [2.24, 2.45) is 0 Å². The molecule has 0 radical (unpaired) electrons. The van der Waals surface area contributed by atoms with Crippen LogP contribution in [0.3, 0.4) is 0 Å². The molecule has 0 aromatic heterocycles. The number of hydrogen-bond acceptors (Lipinski definition) is 3. The Labute approximate surface area is 180 Å². The SMILES string of the molecule is CCc1ccc(N(CC(=O)Nc2ccc(F)cc2F)S(=O)(=O)c2ccc(C)cc2)cc1. The molecule has 0 fully saturated rings. The van der Waals surface area contributed by atoms with Gasteiger partial charge in [0.15, 0.2) is 0 Å². The molecule has 0 aliphatic heterocycles. The maximum absolute atomic E-state index is 13.9. The van der Waals surface area contributed by atoms with E-state index in [1.165, 1.54) is 12.1 Å². The molecular weight excluding hydrogens is 422 g/mol. The first kappa shape index (κ1) is 22.4. The number of nitrogens with one attached hydrogen (secondary N) is 1. The third kappa shape index (κ3) is 5.27. The predicted octanol–water partition coefficient (Wildman–Crippen LogP) is 4.67. The summed E-state index contributed by atoms with van der Waals surface area (Å²) in [7, 11) is -4.08. The van der Waals surface area contributed by atoms with Crippen molar-refractivity contribution >= 4 is 27.3 Å². The Bertz CT molecular complexity index is 1180. The number of nitrogens with zero attached hydrogens (tertiary/aromatic N) is 1. The summed E-state index contributed by atoms with van der Waals surface area (Å²) in [6.07, 6.45) is 0.773. The highest BCUT2D eigenvalue weighted by Crippen LogP contribution is 2.25. The highest BCUT2D eigenvalue weighted by molar-refractivity contribution is 7.92. The van der Waals surface area contributed by atoms with Gasteiger partial charge in [-0.3, -0.25) is 9.10 Å². The molecule has 0 bridgehead atoms. The lowest BCUT2D eigenvalue weighted by atomic mass is 10.1. The fourth-order valence-electron chi connectivity index (χ4n) is 2.96. The van der Waals surface area contributed by atoms with Gasteiger partial charge in [-0.15, -0.1) is 0 Å². The first-order valence-electron chi connectivity index (χ1n) is 9.64. The summed E-state index contributed by atoms with van der Waals surface area (Å²) in [6.45, 7) is 3.22. The van der Waals surface area contributed by atoms with Gasteiger partial charge in [0.2, 0.25) is 5.91 Å². The van der Waals surface area contributed by atoms with Crippen molar-refractivity contribution in [2.45, 2.75) is 25.2 Å². The zero-order valence-corrected chi connectivity index (χ0v) is 17.9. The van der Waals surface area contributed by atoms with E-state index in [0.717, 1.165) is 34.0 Å². The largest absolute Gasteiger partial charge is 0.322 e. The van der Waals surface area contributed by atoms with Gasteiger partial charge in [0.25, 0.3) is 10.0 Å². The first-order valence-corrected chi connectivity index (χ1v) is 11.1. The summed E-state index contributed by atoms with van der Waals surface area (Å²) in [6, 6.07) is 15.8. The molecule has 1 amide bonds. The molecule has 8 heteroatoms. The Hall–Kier alpha value is -3.26. The predicted molar refractivity (Wildman–Crippen MR) is 117 cm³/mol. The zero-order valence-electron chi connectivity index (χ0n) is 17.1. The fraction of sp³-hybridized carbons (Fsp3) is 0.174. The van der Waals surface area contributed by atoms with Crippen LogP contribution in [0.4, 0.5) is 20.2 Å². The molecule has 0 heterocycles. The molecule has 162 valence electrons. The minimum Gasteiger partial charge on any atom is -0.322 e. The third-order valence-electron chi connectivity index (χ3n) is 4.73. The summed E-state index contributed by atoms with van der Waals surface area (Å²) in [4.78, 5) is 12.6. The number of amides is 1. The number of rotatable bonds is 7. The summed E-state index contributed by atoms with van der Waals surface area (Å²) >= 11 is 0. The minimum atomic E-state index is -4.08. The molecule has 31 heavy (non-hydrogen) atoms. The van der Waals surface area contributed by atoms with Crippen molar-refractivity contribution in [1.29, 1.82) is 0 Å². The number of carbonyl (C=O) groups excluding carboxylic acids is 1. The standard InChI is InChI=1S/C23H22F2N2O3S/c1-3-17-6-9-19(10-7-17)27(31(29,30)20-11-4-16(2)5-12-20)15-23(28)26-22-13-8-18(24)14-21(22)25/h4-14H,3,15H2,1-2H3,(H,26,28). The number of sulfonamides is 1. The van der Waals surface area contributed by atoms with E-state index >= 15 is 0 Å². The number of carbonyl (C=O) groups is 1. The average molecular weight is 445 g/mol. The number of hydrogen-bond donors (Lipinski definition) is 1. The second-order valence-corrected chi connectivity index (χ2v) is 8.88. The lowest BCUT2D eigenvalue weighted by Crippen LogP contribution is -2.38. The van der Waals surface area contributed by atoms with E-state index in [1.54, 1.807) is 36.4 Å². The minimum absolute atomic E-state index is 0.0263. The van der Waals surface area contributed by atoms with Crippen LogP contribution in [-0.4, -0.2) is 20.9 Å². The van der Waals surface area contributed by atoms with Crippen molar-refractivity contribution in [2.75, 3.05) is 16.2 Å². The van der Waals surface area contributed by atoms with Gasteiger partial charge < -0.3 is 5.32 Å². The number of halogens is 2. The Morgan fingerprint density at radius 1 is 0.968 bits per heavy atom. The number of anilines is 2. The zero-order chi connectivity index (χ0) is 22.6. The normalized spacial score (nSPS) is 11.2. The van der Waals surface area contributed by atoms with Crippen molar-refractivity contribution in [3.05, 3.63) is 89.5 Å². The fourth-order valence-corrected chi connectivity index (χ4v) is 4.38. The molecule has 0 atom stereocenters. The molecule has 0 saturated carbocycles. The van der Waals surface area contributed by atoms with Gasteiger partial charge in [0, 0.05) is 6.07 Å². The van der Waals surface area contributed by atoms with Crippen LogP contribution in [0.25, 0.3) is 0 Å². The van der Waals surface area contributed by atoms with Crippen LogP contribution in [0.5, 0.6) is 0 Å². The lowest BCUT2D eigenvalue weighted by Gasteiger charge is -2.24. The Morgan fingerprint density at radius 3 is 2.19 bits per heavy atom. The van der Waals surface area contributed by atoms with E-state index in [9.17, 15) is 22.0 Å². The van der Waals surface area contributed by atoms with E-state index in [2.05, 4.69) is 5.32 Å². The first-order chi connectivity index (χ1) is 14.7. The van der Waals surface area contributed by atoms with Gasteiger partial charge in [0.05, 0.1) is 16.3 Å². The summed E-state index contributed by atoms with van der Waals surface area (Å²) in [5.74, 6) is -2.50. The van der Waals surface area contributed by atoms with Gasteiger partial charge in [-0.1, -0.05) is 36.8 Å². The van der Waals surface area contributed by atoms with Crippen LogP contribution in [0.2, 0.25) is 0 Å². The van der Waals surface area contributed by atoms with Crippen LogP contribution >= 0.6 is 0 Å². The highest BCUT2D eigenvalue weighted by Gasteiger charge is 2.27. The van der Waals surface area contributed by atoms with Gasteiger partial charge in [0.1, 0.15) is 18.2 Å². The van der Waals surface area contributed by atoms with E-state index in [4.69, 9.17) is 0 Å². The molecule has 3 rings (SSSR count). The van der Waals surface area contributed by atoms with E-state index in [-0.39, 0.29) is 10.6 Å². The smallest absolute Gasteiger partial charge is 0.264 e. The van der Waals surface area contributed by atoms with Crippen LogP contribution in [0, 0.1) is 18.6 Å². The number of benzene rings is 3. The molecule has 0 unspecified atom stereocenters. The molecule has 0 aliphatic carbocycles. The van der Waals surface area contributed by atoms with Gasteiger partial charge in [-0.05, 0) is 55.3 Å². The molecule has 0 aliphatic rings. The molecule has 0 saturated heterocycles.